The van der Waals surface area contributed by atoms with E-state index >= 15 is 0 Å². The fourth-order valence-corrected chi connectivity index (χ4v) is 5.27. The van der Waals surface area contributed by atoms with Crippen LogP contribution in [0, 0.1) is 29.5 Å². The SMILES string of the molecule is C[C@@H]1CC[C@@H]2C(=O)N(c3cccc(OC(=O)[C@@H]4CC(=O)N(c5ccc(F)cc5)C4)c3)C(=O)[C@@H]2C1. The minimum atomic E-state index is -0.680. The van der Waals surface area contributed by atoms with Crippen LogP contribution in [0.15, 0.2) is 48.5 Å². The molecular formula is C26H25FN2O5. The molecule has 2 saturated heterocycles. The maximum Gasteiger partial charge on any atom is 0.316 e. The van der Waals surface area contributed by atoms with Gasteiger partial charge in [-0.15, -0.1) is 0 Å². The summed E-state index contributed by atoms with van der Waals surface area (Å²) in [5, 5.41) is 0. The van der Waals surface area contributed by atoms with E-state index in [1.54, 1.807) is 18.2 Å². The van der Waals surface area contributed by atoms with Crippen LogP contribution >= 0.6 is 0 Å². The Morgan fingerprint density at radius 2 is 1.71 bits per heavy atom. The van der Waals surface area contributed by atoms with E-state index in [0.29, 0.717) is 30.1 Å². The highest BCUT2D eigenvalue weighted by Crippen LogP contribution is 2.42. The first-order valence-electron chi connectivity index (χ1n) is 11.6. The van der Waals surface area contributed by atoms with Crippen LogP contribution in [0.1, 0.15) is 32.6 Å². The van der Waals surface area contributed by atoms with Crippen molar-refractivity contribution in [2.45, 2.75) is 32.6 Å². The van der Waals surface area contributed by atoms with E-state index in [0.717, 1.165) is 6.42 Å². The van der Waals surface area contributed by atoms with Crippen molar-refractivity contribution in [3.63, 3.8) is 0 Å². The second kappa shape index (κ2) is 8.66. The maximum absolute atomic E-state index is 13.2. The van der Waals surface area contributed by atoms with Crippen molar-refractivity contribution in [3.05, 3.63) is 54.3 Å². The number of ether oxygens (including phenoxy) is 1. The zero-order valence-corrected chi connectivity index (χ0v) is 18.8. The number of amides is 3. The molecule has 0 aromatic heterocycles. The van der Waals surface area contributed by atoms with E-state index in [1.165, 1.54) is 40.1 Å². The number of rotatable bonds is 4. The van der Waals surface area contributed by atoms with Crippen molar-refractivity contribution in [3.8, 4) is 5.75 Å². The predicted molar refractivity (Wildman–Crippen MR) is 121 cm³/mol. The molecule has 0 spiro atoms. The van der Waals surface area contributed by atoms with Crippen molar-refractivity contribution in [2.24, 2.45) is 23.7 Å². The molecule has 2 heterocycles. The first-order valence-corrected chi connectivity index (χ1v) is 11.6. The highest BCUT2D eigenvalue weighted by atomic mass is 19.1. The molecular weight excluding hydrogens is 439 g/mol. The van der Waals surface area contributed by atoms with Crippen LogP contribution in [0.2, 0.25) is 0 Å². The van der Waals surface area contributed by atoms with E-state index in [4.69, 9.17) is 4.74 Å². The zero-order chi connectivity index (χ0) is 24.0. The lowest BCUT2D eigenvalue weighted by molar-refractivity contribution is -0.139. The quantitative estimate of drug-likeness (QED) is 0.391. The van der Waals surface area contributed by atoms with Crippen LogP contribution < -0.4 is 14.5 Å². The fraction of sp³-hybridized carbons (Fsp3) is 0.385. The summed E-state index contributed by atoms with van der Waals surface area (Å²) < 4.78 is 18.7. The molecule has 2 aromatic carbocycles. The van der Waals surface area contributed by atoms with Gasteiger partial charge in [0.2, 0.25) is 17.7 Å². The summed E-state index contributed by atoms with van der Waals surface area (Å²) in [6.07, 6.45) is 2.34. The molecule has 34 heavy (non-hydrogen) atoms. The number of fused-ring (bicyclic) bond motifs is 1. The van der Waals surface area contributed by atoms with Gasteiger partial charge in [-0.2, -0.15) is 0 Å². The van der Waals surface area contributed by atoms with Gasteiger partial charge in [-0.1, -0.05) is 13.0 Å². The number of nitrogens with zero attached hydrogens (tertiary/aromatic N) is 2. The highest BCUT2D eigenvalue weighted by Gasteiger charge is 2.50. The third-order valence-corrected chi connectivity index (χ3v) is 7.08. The molecule has 0 bridgehead atoms. The second-order valence-corrected chi connectivity index (χ2v) is 9.44. The normalized spacial score (nSPS) is 26.7. The minimum absolute atomic E-state index is 0.0134. The highest BCUT2D eigenvalue weighted by molar-refractivity contribution is 6.22. The van der Waals surface area contributed by atoms with Crippen molar-refractivity contribution in [2.75, 3.05) is 16.3 Å². The van der Waals surface area contributed by atoms with E-state index in [9.17, 15) is 23.6 Å². The van der Waals surface area contributed by atoms with Gasteiger partial charge in [-0.3, -0.25) is 19.2 Å². The first kappa shape index (κ1) is 22.3. The number of benzene rings is 2. The number of esters is 1. The molecule has 1 saturated carbocycles. The summed E-state index contributed by atoms with van der Waals surface area (Å²) >= 11 is 0. The molecule has 7 nitrogen and oxygen atoms in total. The Kier molecular flexibility index (Phi) is 5.67. The minimum Gasteiger partial charge on any atom is -0.426 e. The van der Waals surface area contributed by atoms with Gasteiger partial charge in [0.05, 0.1) is 23.4 Å². The van der Waals surface area contributed by atoms with Gasteiger partial charge in [0.15, 0.2) is 0 Å². The van der Waals surface area contributed by atoms with Gasteiger partial charge in [0, 0.05) is 24.7 Å². The van der Waals surface area contributed by atoms with Gasteiger partial charge >= 0.3 is 5.97 Å². The average molecular weight is 464 g/mol. The van der Waals surface area contributed by atoms with Crippen LogP contribution in [-0.2, 0) is 19.2 Å². The van der Waals surface area contributed by atoms with E-state index < -0.39 is 17.7 Å². The molecule has 5 rings (SSSR count). The third kappa shape index (κ3) is 3.97. The summed E-state index contributed by atoms with van der Waals surface area (Å²) in [6.45, 7) is 2.23. The molecule has 2 aromatic rings. The molecule has 2 aliphatic heterocycles. The van der Waals surface area contributed by atoms with Crippen LogP contribution in [0.5, 0.6) is 5.75 Å². The number of halogens is 1. The monoisotopic (exact) mass is 464 g/mol. The third-order valence-electron chi connectivity index (χ3n) is 7.08. The molecule has 3 amide bonds. The fourth-order valence-electron chi connectivity index (χ4n) is 5.27. The van der Waals surface area contributed by atoms with Crippen LogP contribution in [0.4, 0.5) is 15.8 Å². The molecule has 0 radical (unpaired) electrons. The second-order valence-electron chi connectivity index (χ2n) is 9.44. The van der Waals surface area contributed by atoms with E-state index in [2.05, 4.69) is 6.92 Å². The molecule has 3 fully saturated rings. The predicted octanol–water partition coefficient (Wildman–Crippen LogP) is 3.71. The smallest absolute Gasteiger partial charge is 0.316 e. The Morgan fingerprint density at radius 3 is 2.47 bits per heavy atom. The van der Waals surface area contributed by atoms with E-state index in [1.807, 2.05) is 0 Å². The molecule has 1 aliphatic carbocycles. The number of imide groups is 1. The summed E-state index contributed by atoms with van der Waals surface area (Å²) in [5.74, 6) is -2.24. The zero-order valence-electron chi connectivity index (χ0n) is 18.8. The van der Waals surface area contributed by atoms with Gasteiger partial charge in [-0.25, -0.2) is 9.29 Å². The number of carbonyl (C=O) groups excluding carboxylic acids is 4. The van der Waals surface area contributed by atoms with Gasteiger partial charge < -0.3 is 9.64 Å². The Balaban J connectivity index is 1.28. The summed E-state index contributed by atoms with van der Waals surface area (Å²) in [4.78, 5) is 53.8. The van der Waals surface area contributed by atoms with Gasteiger partial charge in [-0.05, 0) is 61.6 Å². The lowest BCUT2D eigenvalue weighted by Gasteiger charge is -2.25. The Morgan fingerprint density at radius 1 is 0.971 bits per heavy atom. The van der Waals surface area contributed by atoms with Crippen LogP contribution in [0.25, 0.3) is 0 Å². The first-order chi connectivity index (χ1) is 16.3. The molecule has 0 unspecified atom stereocenters. The number of anilines is 2. The van der Waals surface area contributed by atoms with Gasteiger partial charge in [0.1, 0.15) is 11.6 Å². The topological polar surface area (TPSA) is 84.0 Å². The number of carbonyl (C=O) groups is 4. The maximum atomic E-state index is 13.2. The lowest BCUT2D eigenvalue weighted by atomic mass is 9.76. The van der Waals surface area contributed by atoms with Gasteiger partial charge in [0.25, 0.3) is 0 Å². The van der Waals surface area contributed by atoms with E-state index in [-0.39, 0.29) is 48.3 Å². The summed E-state index contributed by atoms with van der Waals surface area (Å²) in [5.41, 5.74) is 0.906. The molecule has 176 valence electrons. The standard InChI is InChI=1S/C26H25FN2O5/c1-15-5-10-21-22(11-15)25(32)29(24(21)31)19-3-2-4-20(13-19)34-26(33)16-12-23(30)28(14-16)18-8-6-17(27)7-9-18/h2-4,6-9,13,15-16,21-22H,5,10-12,14H2,1H3/t15-,16-,21+,22-/m1/s1. The molecule has 4 atom stereocenters. The van der Waals surface area contributed by atoms with Crippen molar-refractivity contribution >= 4 is 35.1 Å². The molecule has 3 aliphatic rings. The van der Waals surface area contributed by atoms with Crippen molar-refractivity contribution < 1.29 is 28.3 Å². The van der Waals surface area contributed by atoms with Crippen molar-refractivity contribution in [1.29, 1.82) is 0 Å². The van der Waals surface area contributed by atoms with Crippen LogP contribution in [0.3, 0.4) is 0 Å². The Bertz CT molecular complexity index is 1160. The lowest BCUT2D eigenvalue weighted by Crippen LogP contribution is -2.31. The summed E-state index contributed by atoms with van der Waals surface area (Å²) in [7, 11) is 0. The Labute approximate surface area is 196 Å². The Hall–Kier alpha value is -3.55. The van der Waals surface area contributed by atoms with Crippen molar-refractivity contribution in [1.82, 2.24) is 0 Å². The van der Waals surface area contributed by atoms with Crippen LogP contribution in [-0.4, -0.2) is 30.2 Å². The largest absolute Gasteiger partial charge is 0.426 e. The summed E-state index contributed by atoms with van der Waals surface area (Å²) in [6, 6.07) is 11.9. The number of hydrogen-bond acceptors (Lipinski definition) is 5. The number of hydrogen-bond donors (Lipinski definition) is 0. The molecule has 0 N–H and O–H groups in total. The molecule has 8 heteroatoms. The average Bonchev–Trinajstić information content (AvgIpc) is 3.32.